The largest absolute Gasteiger partial charge is 0.618 e. The molecule has 2 aliphatic carbocycles. The van der Waals surface area contributed by atoms with E-state index in [0.717, 1.165) is 87.7 Å². The Morgan fingerprint density at radius 3 is 1.76 bits per heavy atom. The van der Waals surface area contributed by atoms with Crippen LogP contribution >= 0.6 is 23.2 Å². The number of amides is 2. The number of likely N-dealkylation sites (tertiary alicyclic amines) is 2. The third kappa shape index (κ3) is 8.38. The standard InChI is InChI=1S/C22H23ClN2O3.C22H23ClN2O2/c1-2-28-22(26)24-12-9-15(10-13-24)20-19-8-7-18(23)14-17(19)6-5-16-4-3-11-25(27)21(16)20;1-2-27-22(26)25-12-9-15(10-13-25)20-19-8-7-18(23)14-17(19)6-5-16-4-3-11-24-21(16)20/h3-8,11,14-15,20H,2,9-10,12-13H2,1H3;3-8,11,14-15,20H,2,9-10,12-13H2,1H3. The SMILES string of the molecule is CCOC(=O)N1CCC(C2c3ccc(Cl)cc3C=Cc3ccc[n+]([O-])c32)CC1.CCOC(=O)N1CCC(C2c3ccc(Cl)cc3C=Cc3cccnc32)CC1. The van der Waals surface area contributed by atoms with Gasteiger partial charge in [0.25, 0.3) is 0 Å². The lowest BCUT2D eigenvalue weighted by Gasteiger charge is -2.36. The Hall–Kier alpha value is -4.86. The van der Waals surface area contributed by atoms with Gasteiger partial charge in [-0.05, 0) is 122 Å². The molecule has 11 heteroatoms. The van der Waals surface area contributed by atoms with Crippen molar-refractivity contribution in [2.24, 2.45) is 11.8 Å². The molecule has 4 heterocycles. The first-order valence-electron chi connectivity index (χ1n) is 19.2. The minimum absolute atomic E-state index is 0.0414. The van der Waals surface area contributed by atoms with E-state index in [-0.39, 0.29) is 29.9 Å². The molecule has 2 aromatic heterocycles. The number of carbonyl (C=O) groups is 2. The number of hydrogen-bond donors (Lipinski definition) is 0. The fraction of sp³-hybridized carbons (Fsp3) is 0.364. The van der Waals surface area contributed by atoms with E-state index in [1.54, 1.807) is 17.2 Å². The van der Waals surface area contributed by atoms with Crippen molar-refractivity contribution in [3.05, 3.63) is 133 Å². The fourth-order valence-corrected chi connectivity index (χ4v) is 8.98. The van der Waals surface area contributed by atoms with E-state index in [9.17, 15) is 14.8 Å². The van der Waals surface area contributed by atoms with Crippen LogP contribution in [0.1, 0.15) is 96.1 Å². The maximum absolute atomic E-state index is 12.8. The molecule has 2 unspecified atom stereocenters. The smallest absolute Gasteiger partial charge is 0.409 e. The maximum Gasteiger partial charge on any atom is 0.409 e. The van der Waals surface area contributed by atoms with Crippen LogP contribution in [0.4, 0.5) is 9.59 Å². The number of fused-ring (bicyclic) bond motifs is 4. The van der Waals surface area contributed by atoms with Crippen molar-refractivity contribution < 1.29 is 23.8 Å². The average molecular weight is 782 g/mol. The second kappa shape index (κ2) is 17.3. The third-order valence-electron chi connectivity index (χ3n) is 11.2. The highest BCUT2D eigenvalue weighted by Gasteiger charge is 2.38. The van der Waals surface area contributed by atoms with Gasteiger partial charge < -0.3 is 24.5 Å². The Morgan fingerprint density at radius 2 is 1.20 bits per heavy atom. The van der Waals surface area contributed by atoms with E-state index in [4.69, 9.17) is 37.7 Å². The summed E-state index contributed by atoms with van der Waals surface area (Å²) in [6, 6.07) is 19.9. The van der Waals surface area contributed by atoms with Crippen molar-refractivity contribution in [2.75, 3.05) is 39.4 Å². The first kappa shape index (κ1) is 38.4. The van der Waals surface area contributed by atoms with Gasteiger partial charge in [-0.1, -0.05) is 59.6 Å². The molecule has 0 saturated carbocycles. The highest BCUT2D eigenvalue weighted by Crippen LogP contribution is 2.44. The normalized spacial score (nSPS) is 19.1. The van der Waals surface area contributed by atoms with Gasteiger partial charge in [-0.3, -0.25) is 4.98 Å². The van der Waals surface area contributed by atoms with Gasteiger partial charge >= 0.3 is 12.2 Å². The zero-order chi connectivity index (χ0) is 38.5. The number of piperidine rings is 2. The quantitative estimate of drug-likeness (QED) is 0.151. The lowest BCUT2D eigenvalue weighted by Crippen LogP contribution is -2.42. The van der Waals surface area contributed by atoms with Gasteiger partial charge in [0.15, 0.2) is 6.20 Å². The molecule has 2 aliphatic heterocycles. The van der Waals surface area contributed by atoms with E-state index in [2.05, 4.69) is 24.3 Å². The molecule has 0 spiro atoms. The second-order valence-electron chi connectivity index (χ2n) is 14.4. The summed E-state index contributed by atoms with van der Waals surface area (Å²) in [6.07, 6.45) is 14.8. The van der Waals surface area contributed by atoms with E-state index in [0.29, 0.717) is 37.2 Å². The van der Waals surface area contributed by atoms with Crippen LogP contribution in [0.25, 0.3) is 24.3 Å². The fourth-order valence-electron chi connectivity index (χ4n) is 8.62. The van der Waals surface area contributed by atoms with E-state index in [1.807, 2.05) is 79.6 Å². The van der Waals surface area contributed by atoms with Gasteiger partial charge in [0.05, 0.1) is 24.8 Å². The van der Waals surface area contributed by atoms with Gasteiger partial charge in [0, 0.05) is 60.0 Å². The van der Waals surface area contributed by atoms with Crippen LogP contribution in [-0.2, 0) is 9.47 Å². The minimum atomic E-state index is -0.255. The zero-order valence-electron chi connectivity index (χ0n) is 31.2. The van der Waals surface area contributed by atoms with Crippen LogP contribution in [0.3, 0.4) is 0 Å². The lowest BCUT2D eigenvalue weighted by molar-refractivity contribution is -0.615. The Bertz CT molecular complexity index is 2090. The molecule has 2 atom stereocenters. The van der Waals surface area contributed by atoms with E-state index >= 15 is 0 Å². The van der Waals surface area contributed by atoms with Crippen LogP contribution < -0.4 is 4.73 Å². The molecule has 4 aliphatic rings. The molecule has 9 nitrogen and oxygen atoms in total. The predicted molar refractivity (Wildman–Crippen MR) is 217 cm³/mol. The number of carbonyl (C=O) groups excluding carboxylic acids is 2. The second-order valence-corrected chi connectivity index (χ2v) is 15.2. The van der Waals surface area contributed by atoms with Crippen molar-refractivity contribution in [3.63, 3.8) is 0 Å². The van der Waals surface area contributed by atoms with Crippen LogP contribution in [0.2, 0.25) is 10.0 Å². The molecular formula is C44H46Cl2N4O5. The summed E-state index contributed by atoms with van der Waals surface area (Å²) in [5.74, 6) is 0.837. The molecule has 2 amide bonds. The highest BCUT2D eigenvalue weighted by molar-refractivity contribution is 6.31. The molecular weight excluding hydrogens is 735 g/mol. The number of rotatable bonds is 4. The van der Waals surface area contributed by atoms with Gasteiger partial charge in [-0.15, -0.1) is 0 Å². The third-order valence-corrected chi connectivity index (χ3v) is 11.7. The molecule has 0 radical (unpaired) electrons. The summed E-state index contributed by atoms with van der Waals surface area (Å²) in [5, 5.41) is 14.2. The summed E-state index contributed by atoms with van der Waals surface area (Å²) in [6.45, 7) is 7.16. The molecule has 0 bridgehead atoms. The van der Waals surface area contributed by atoms with Gasteiger partial charge in [0.1, 0.15) is 0 Å². The van der Waals surface area contributed by atoms with Gasteiger partial charge in [-0.2, -0.15) is 4.73 Å². The molecule has 8 rings (SSSR count). The number of ether oxygens (including phenoxy) is 2. The van der Waals surface area contributed by atoms with Crippen molar-refractivity contribution >= 4 is 59.7 Å². The first-order chi connectivity index (χ1) is 26.7. The van der Waals surface area contributed by atoms with Crippen molar-refractivity contribution in [2.45, 2.75) is 51.4 Å². The molecule has 2 aromatic carbocycles. The zero-order valence-corrected chi connectivity index (χ0v) is 32.7. The summed E-state index contributed by atoms with van der Waals surface area (Å²) >= 11 is 12.5. The van der Waals surface area contributed by atoms with Crippen LogP contribution in [0.15, 0.2) is 73.1 Å². The number of halogens is 2. The molecule has 286 valence electrons. The summed E-state index contributed by atoms with van der Waals surface area (Å²) in [5.41, 5.74) is 8.55. The maximum atomic E-state index is 12.8. The Labute approximate surface area is 332 Å². The van der Waals surface area contributed by atoms with E-state index in [1.165, 1.54) is 5.56 Å². The number of nitrogens with zero attached hydrogens (tertiary/aromatic N) is 4. The van der Waals surface area contributed by atoms with Crippen LogP contribution in [-0.4, -0.2) is 66.4 Å². The summed E-state index contributed by atoms with van der Waals surface area (Å²) in [7, 11) is 0. The number of pyridine rings is 2. The Balaban J connectivity index is 0.000000169. The molecule has 2 saturated heterocycles. The monoisotopic (exact) mass is 780 g/mol. The average Bonchev–Trinajstić information content (AvgIpc) is 3.47. The van der Waals surface area contributed by atoms with Gasteiger partial charge in [0.2, 0.25) is 5.69 Å². The van der Waals surface area contributed by atoms with Crippen molar-refractivity contribution in [1.82, 2.24) is 14.8 Å². The number of aromatic nitrogens is 2. The molecule has 4 aromatic rings. The first-order valence-corrected chi connectivity index (χ1v) is 20.0. The summed E-state index contributed by atoms with van der Waals surface area (Å²) in [4.78, 5) is 32.4. The molecule has 2 fully saturated rings. The van der Waals surface area contributed by atoms with Crippen LogP contribution in [0, 0.1) is 17.0 Å². The van der Waals surface area contributed by atoms with Crippen LogP contribution in [0.5, 0.6) is 0 Å². The Kier molecular flexibility index (Phi) is 12.1. The Morgan fingerprint density at radius 1 is 0.709 bits per heavy atom. The highest BCUT2D eigenvalue weighted by atomic mass is 35.5. The lowest BCUT2D eigenvalue weighted by atomic mass is 9.76. The molecule has 55 heavy (non-hydrogen) atoms. The topological polar surface area (TPSA) is 98.9 Å². The van der Waals surface area contributed by atoms with Gasteiger partial charge in [-0.25, -0.2) is 9.59 Å². The van der Waals surface area contributed by atoms with Crippen molar-refractivity contribution in [1.29, 1.82) is 0 Å². The van der Waals surface area contributed by atoms with Crippen molar-refractivity contribution in [3.8, 4) is 0 Å². The summed E-state index contributed by atoms with van der Waals surface area (Å²) < 4.78 is 11.3. The predicted octanol–water partition coefficient (Wildman–Crippen LogP) is 9.68. The van der Waals surface area contributed by atoms with E-state index < -0.39 is 0 Å². The molecule has 0 N–H and O–H groups in total. The minimum Gasteiger partial charge on any atom is -0.618 e. The number of benzene rings is 2. The number of hydrogen-bond acceptors (Lipinski definition) is 6.